The van der Waals surface area contributed by atoms with Gasteiger partial charge >= 0.3 is 0 Å². The average Bonchev–Trinajstić information content (AvgIpc) is 2.59. The Morgan fingerprint density at radius 1 is 1.39 bits per heavy atom. The van der Waals surface area contributed by atoms with Crippen molar-refractivity contribution in [3.63, 3.8) is 0 Å². The fraction of sp³-hybridized carbons (Fsp3) is 0.625. The van der Waals surface area contributed by atoms with Gasteiger partial charge in [-0.1, -0.05) is 13.8 Å². The number of piperidine rings is 1. The molecule has 7 heteroatoms. The average molecular weight is 317 g/mol. The first-order valence-electron chi connectivity index (χ1n) is 8.04. The van der Waals surface area contributed by atoms with E-state index in [4.69, 9.17) is 5.73 Å². The molecule has 1 fully saturated rings. The molecule has 1 aliphatic rings. The number of rotatable bonds is 5. The third kappa shape index (κ3) is 3.42. The smallest absolute Gasteiger partial charge is 0.246 e. The Kier molecular flexibility index (Phi) is 5.50. The lowest BCUT2D eigenvalue weighted by molar-refractivity contribution is -0.129. The van der Waals surface area contributed by atoms with Crippen LogP contribution in [-0.4, -0.2) is 40.4 Å². The number of carbonyl (C=O) groups is 1. The highest BCUT2D eigenvalue weighted by Crippen LogP contribution is 2.28. The molecule has 1 aromatic rings. The Labute approximate surface area is 136 Å². The molecule has 0 saturated carbocycles. The van der Waals surface area contributed by atoms with Crippen LogP contribution in [-0.2, 0) is 17.6 Å². The number of anilines is 1. The lowest BCUT2D eigenvalue weighted by Gasteiger charge is -2.34. The minimum atomic E-state index is -1.10. The standard InChI is InChI=1S/C16H23N5O2/c1-3-11-12(9-17)16(20-19-13(11)4-2)21-7-5-10(6-8-21)14(22)15(18)23/h10,14,22H,3-8H2,1-2H3,(H2,18,23)/t14-/m0/s1. The zero-order valence-electron chi connectivity index (χ0n) is 13.6. The van der Waals surface area contributed by atoms with Gasteiger partial charge in [-0.25, -0.2) is 0 Å². The molecule has 2 heterocycles. The summed E-state index contributed by atoms with van der Waals surface area (Å²) in [4.78, 5) is 13.1. The Bertz CT molecular complexity index is 618. The van der Waals surface area contributed by atoms with Gasteiger partial charge in [0, 0.05) is 13.1 Å². The van der Waals surface area contributed by atoms with E-state index in [2.05, 4.69) is 16.3 Å². The zero-order valence-corrected chi connectivity index (χ0v) is 13.6. The number of aliphatic hydroxyl groups is 1. The van der Waals surface area contributed by atoms with Gasteiger partial charge in [-0.3, -0.25) is 4.79 Å². The normalized spacial score (nSPS) is 16.9. The van der Waals surface area contributed by atoms with Crippen LogP contribution < -0.4 is 10.6 Å². The highest BCUT2D eigenvalue weighted by Gasteiger charge is 2.30. The van der Waals surface area contributed by atoms with Crippen LogP contribution in [0.1, 0.15) is 43.5 Å². The van der Waals surface area contributed by atoms with Crippen molar-refractivity contribution >= 4 is 11.7 Å². The van der Waals surface area contributed by atoms with Gasteiger partial charge in [-0.15, -0.1) is 5.10 Å². The molecule has 1 amide bonds. The van der Waals surface area contributed by atoms with Crippen LogP contribution in [0.15, 0.2) is 0 Å². The predicted octanol–water partition coefficient (Wildman–Crippen LogP) is 0.536. The molecule has 3 N–H and O–H groups in total. The fourth-order valence-electron chi connectivity index (χ4n) is 3.16. The fourth-order valence-corrected chi connectivity index (χ4v) is 3.16. The van der Waals surface area contributed by atoms with Crippen LogP contribution in [0.2, 0.25) is 0 Å². The predicted molar refractivity (Wildman–Crippen MR) is 85.6 cm³/mol. The van der Waals surface area contributed by atoms with Crippen LogP contribution in [0.4, 0.5) is 5.82 Å². The maximum Gasteiger partial charge on any atom is 0.246 e. The Morgan fingerprint density at radius 3 is 2.52 bits per heavy atom. The van der Waals surface area contributed by atoms with Gasteiger partial charge in [-0.2, -0.15) is 10.4 Å². The molecule has 2 rings (SSSR count). The van der Waals surface area contributed by atoms with Crippen LogP contribution in [0.25, 0.3) is 0 Å². The molecule has 0 unspecified atom stereocenters. The minimum absolute atomic E-state index is 0.136. The number of aliphatic hydroxyl groups excluding tert-OH is 1. The first-order chi connectivity index (χ1) is 11.0. The van der Waals surface area contributed by atoms with Crippen molar-refractivity contribution in [3.8, 4) is 6.07 Å². The van der Waals surface area contributed by atoms with E-state index in [1.807, 2.05) is 18.7 Å². The van der Waals surface area contributed by atoms with Crippen molar-refractivity contribution < 1.29 is 9.90 Å². The summed E-state index contributed by atoms with van der Waals surface area (Å²) in [6, 6.07) is 2.27. The molecule has 0 spiro atoms. The molecular formula is C16H23N5O2. The quantitative estimate of drug-likeness (QED) is 0.818. The second-order valence-corrected chi connectivity index (χ2v) is 5.81. The van der Waals surface area contributed by atoms with Crippen LogP contribution in [0.5, 0.6) is 0 Å². The van der Waals surface area contributed by atoms with Crippen molar-refractivity contribution in [1.29, 1.82) is 5.26 Å². The number of aromatic nitrogens is 2. The second-order valence-electron chi connectivity index (χ2n) is 5.81. The van der Waals surface area contributed by atoms with Crippen molar-refractivity contribution in [3.05, 3.63) is 16.8 Å². The highest BCUT2D eigenvalue weighted by molar-refractivity contribution is 5.78. The molecule has 23 heavy (non-hydrogen) atoms. The summed E-state index contributed by atoms with van der Waals surface area (Å²) in [6.45, 7) is 5.25. The van der Waals surface area contributed by atoms with E-state index >= 15 is 0 Å². The van der Waals surface area contributed by atoms with Crippen molar-refractivity contribution in [1.82, 2.24) is 10.2 Å². The lowest BCUT2D eigenvalue weighted by atomic mass is 9.90. The SMILES string of the molecule is CCc1nnc(N2CCC([C@H](O)C(N)=O)CC2)c(C#N)c1CC. The molecule has 1 aliphatic heterocycles. The monoisotopic (exact) mass is 317 g/mol. The van der Waals surface area contributed by atoms with E-state index in [0.29, 0.717) is 37.3 Å². The number of nitriles is 1. The molecule has 0 aliphatic carbocycles. The summed E-state index contributed by atoms with van der Waals surface area (Å²) in [6.07, 6.45) is 1.65. The molecule has 1 saturated heterocycles. The van der Waals surface area contributed by atoms with Gasteiger partial charge in [0.1, 0.15) is 17.7 Å². The van der Waals surface area contributed by atoms with Gasteiger partial charge in [0.05, 0.1) is 5.69 Å². The topological polar surface area (TPSA) is 116 Å². The molecule has 1 aromatic heterocycles. The van der Waals surface area contributed by atoms with Gasteiger partial charge in [0.25, 0.3) is 0 Å². The van der Waals surface area contributed by atoms with Crippen LogP contribution >= 0.6 is 0 Å². The first-order valence-corrected chi connectivity index (χ1v) is 8.04. The number of primary amides is 1. The van der Waals surface area contributed by atoms with Crippen molar-refractivity contribution in [2.24, 2.45) is 11.7 Å². The van der Waals surface area contributed by atoms with Gasteiger partial charge in [0.15, 0.2) is 5.82 Å². The maximum atomic E-state index is 11.1. The molecule has 1 atom stereocenters. The van der Waals surface area contributed by atoms with Gasteiger partial charge in [0.2, 0.25) is 5.91 Å². The summed E-state index contributed by atoms with van der Waals surface area (Å²) >= 11 is 0. The third-order valence-electron chi connectivity index (χ3n) is 4.52. The number of carbonyl (C=O) groups excluding carboxylic acids is 1. The summed E-state index contributed by atoms with van der Waals surface area (Å²) < 4.78 is 0. The number of nitrogens with two attached hydrogens (primary N) is 1. The summed E-state index contributed by atoms with van der Waals surface area (Å²) in [5.74, 6) is -0.210. The Hall–Kier alpha value is -2.20. The molecule has 124 valence electrons. The Balaban J connectivity index is 2.21. The van der Waals surface area contributed by atoms with Crippen molar-refractivity contribution in [2.45, 2.75) is 45.6 Å². The summed E-state index contributed by atoms with van der Waals surface area (Å²) in [7, 11) is 0. The zero-order chi connectivity index (χ0) is 17.0. The van der Waals surface area contributed by atoms with Crippen molar-refractivity contribution in [2.75, 3.05) is 18.0 Å². The van der Waals surface area contributed by atoms with Gasteiger partial charge in [-0.05, 0) is 37.2 Å². The van der Waals surface area contributed by atoms with Gasteiger partial charge < -0.3 is 15.7 Å². The Morgan fingerprint density at radius 2 is 2.04 bits per heavy atom. The van der Waals surface area contributed by atoms with E-state index in [1.165, 1.54) is 0 Å². The number of hydrogen-bond acceptors (Lipinski definition) is 6. The number of aryl methyl sites for hydroxylation is 1. The molecule has 7 nitrogen and oxygen atoms in total. The molecule has 0 bridgehead atoms. The molecule has 0 radical (unpaired) electrons. The van der Waals surface area contributed by atoms with E-state index in [0.717, 1.165) is 24.1 Å². The van der Waals surface area contributed by atoms with Crippen LogP contribution in [0, 0.1) is 17.2 Å². The lowest BCUT2D eigenvalue weighted by Crippen LogP contribution is -2.43. The molecular weight excluding hydrogens is 294 g/mol. The van der Waals surface area contributed by atoms with E-state index in [-0.39, 0.29) is 5.92 Å². The van der Waals surface area contributed by atoms with E-state index in [9.17, 15) is 15.2 Å². The number of nitrogens with zero attached hydrogens (tertiary/aromatic N) is 4. The van der Waals surface area contributed by atoms with E-state index < -0.39 is 12.0 Å². The summed E-state index contributed by atoms with van der Waals surface area (Å²) in [5, 5.41) is 27.9. The van der Waals surface area contributed by atoms with E-state index in [1.54, 1.807) is 0 Å². The number of amides is 1. The summed E-state index contributed by atoms with van der Waals surface area (Å²) in [5.41, 5.74) is 7.58. The van der Waals surface area contributed by atoms with Crippen LogP contribution in [0.3, 0.4) is 0 Å². The first kappa shape index (κ1) is 17.2. The minimum Gasteiger partial charge on any atom is -0.383 e. The molecule has 0 aromatic carbocycles. The largest absolute Gasteiger partial charge is 0.383 e. The maximum absolute atomic E-state index is 11.1. The third-order valence-corrected chi connectivity index (χ3v) is 4.52. The highest BCUT2D eigenvalue weighted by atomic mass is 16.3. The second kappa shape index (κ2) is 7.38. The number of hydrogen-bond donors (Lipinski definition) is 2.